The first-order valence-corrected chi connectivity index (χ1v) is 33.1. The molecule has 0 bridgehead atoms. The molecule has 428 valence electrons. The fraction of sp³-hybridized carbons (Fsp3) is 0.696. The maximum absolute atomic E-state index is 12.9. The minimum atomic E-state index is -2.79. The molecule has 2 aliphatic rings. The molecule has 10 atom stereocenters. The number of carbonyl (C=O) groups is 2. The minimum absolute atomic E-state index is 0.000552. The number of rotatable bonds is 22. The number of hydrogen-bond acceptors (Lipinski definition) is 22. The number of aliphatic hydroxyl groups is 2. The number of fused-ring (bicyclic) bond motifs is 2. The van der Waals surface area contributed by atoms with Gasteiger partial charge in [-0.1, -0.05) is 69.2 Å². The van der Waals surface area contributed by atoms with E-state index in [1.807, 2.05) is 46.0 Å². The van der Waals surface area contributed by atoms with Gasteiger partial charge >= 0.3 is 16.5 Å². The van der Waals surface area contributed by atoms with Crippen LogP contribution >= 0.6 is 16.5 Å². The number of anilines is 2. The number of aromatic amines is 2. The molecule has 6 heterocycles. The molecule has 2 saturated heterocycles. The van der Waals surface area contributed by atoms with Gasteiger partial charge in [0, 0.05) is 21.0 Å². The highest BCUT2D eigenvalue weighted by Crippen LogP contribution is 2.46. The molecule has 4 aromatic heterocycles. The predicted molar refractivity (Wildman–Crippen MR) is 287 cm³/mol. The van der Waals surface area contributed by atoms with Crippen LogP contribution in [0.25, 0.3) is 22.3 Å². The Balaban J connectivity index is 0.000000306. The van der Waals surface area contributed by atoms with Crippen molar-refractivity contribution >= 4 is 79.2 Å². The van der Waals surface area contributed by atoms with E-state index < -0.39 is 106 Å². The van der Waals surface area contributed by atoms with Gasteiger partial charge in [0.1, 0.15) is 50.3 Å². The molecule has 2 amide bonds. The summed E-state index contributed by atoms with van der Waals surface area (Å²) in [5.41, 5.74) is -0.897. The van der Waals surface area contributed by atoms with Gasteiger partial charge in [0.2, 0.25) is 23.7 Å². The molecule has 32 heteroatoms. The van der Waals surface area contributed by atoms with Crippen molar-refractivity contribution in [3.05, 3.63) is 33.4 Å². The van der Waals surface area contributed by atoms with E-state index in [0.29, 0.717) is 0 Å². The summed E-state index contributed by atoms with van der Waals surface area (Å²) >= 11 is 0. The maximum Gasteiger partial charge on any atom is 0.697 e. The van der Waals surface area contributed by atoms with Crippen molar-refractivity contribution in [3.63, 3.8) is 0 Å². The van der Waals surface area contributed by atoms with Crippen LogP contribution in [0, 0.1) is 34.5 Å². The number of nitrogens with zero attached hydrogens (tertiary/aromatic N) is 8. The van der Waals surface area contributed by atoms with Crippen LogP contribution in [-0.2, 0) is 55.1 Å². The fourth-order valence-corrected chi connectivity index (χ4v) is 11.0. The van der Waals surface area contributed by atoms with E-state index in [9.17, 15) is 38.5 Å². The Kier molecular flexibility index (Phi) is 21.6. The summed E-state index contributed by atoms with van der Waals surface area (Å²) in [5, 5.41) is 42.8. The highest BCUT2D eigenvalue weighted by Gasteiger charge is 2.56. The maximum atomic E-state index is 12.9. The Labute approximate surface area is 454 Å². The number of ether oxygens (including phenoxy) is 2. The van der Waals surface area contributed by atoms with Crippen LogP contribution < -0.4 is 21.8 Å². The molecular formula is C46H72N12O16P2Si2+2. The van der Waals surface area contributed by atoms with Crippen molar-refractivity contribution in [2.75, 3.05) is 37.1 Å². The lowest BCUT2D eigenvalue weighted by atomic mass is 10.1. The lowest BCUT2D eigenvalue weighted by Crippen LogP contribution is -2.49. The second kappa shape index (κ2) is 26.4. The van der Waals surface area contributed by atoms with Crippen LogP contribution in [0.4, 0.5) is 11.9 Å². The molecule has 0 aromatic carbocycles. The number of hydrogen-bond donors (Lipinski definition) is 6. The Hall–Kier alpha value is -5.15. The number of nitrogens with one attached hydrogen (secondary N) is 4. The van der Waals surface area contributed by atoms with Gasteiger partial charge in [-0.2, -0.15) is 20.5 Å². The van der Waals surface area contributed by atoms with E-state index in [4.69, 9.17) is 46.9 Å². The minimum Gasteiger partial charge on any atom is -0.407 e. The second-order valence-electron chi connectivity index (χ2n) is 22.0. The quantitative estimate of drug-likeness (QED) is 0.0301. The van der Waals surface area contributed by atoms with E-state index in [-0.39, 0.29) is 94.7 Å². The number of amides is 2. The largest absolute Gasteiger partial charge is 0.697 e. The van der Waals surface area contributed by atoms with Gasteiger partial charge in [0.05, 0.1) is 44.2 Å². The predicted octanol–water partition coefficient (Wildman–Crippen LogP) is 5.93. The molecule has 6 rings (SSSR count). The van der Waals surface area contributed by atoms with Crippen LogP contribution in [0.5, 0.6) is 0 Å². The third kappa shape index (κ3) is 15.4. The number of nitriles is 2. The number of imidazole rings is 2. The molecule has 78 heavy (non-hydrogen) atoms. The van der Waals surface area contributed by atoms with Crippen LogP contribution in [0.3, 0.4) is 0 Å². The Bertz CT molecular complexity index is 3000. The highest BCUT2D eigenvalue weighted by molar-refractivity contribution is 7.33. The first-order chi connectivity index (χ1) is 36.4. The van der Waals surface area contributed by atoms with Crippen molar-refractivity contribution in [3.8, 4) is 12.1 Å². The molecule has 2 aliphatic heterocycles. The standard InChI is InChI=1S/C26H37N7O10P2Si.C20H33N5O6Si/c1-16(2)22(34)31-25-30-21-18(23(35)32-25)29-15-33(21)24-20(43-46(6,7)26(3,4)5)19(42-45(37)39-13-9-11-28)17(41-24)14-40-44(36)38-12-8-10-27;1-10(2)16(28)23-19-22-15-12(17(29)24-19)21-9-25(15)18-14(13(27)11(8-26)30-18)31-32(6,7)20(3,4)5/h15-17,19-20,24H,8-9,12-14H2,1-7H3;9-11,13-14,18,26-27H,8H2,1-7H3,(H2,22,23,24,28,29)/p+2. The summed E-state index contributed by atoms with van der Waals surface area (Å²) in [7, 11) is -10.4. The first kappa shape index (κ1) is 63.7. The number of carbonyl (C=O) groups excluding carboxylic acids is 2. The van der Waals surface area contributed by atoms with Gasteiger partial charge < -0.3 is 28.5 Å². The second-order valence-corrected chi connectivity index (χ2v) is 33.4. The Morgan fingerprint density at radius 1 is 0.731 bits per heavy atom. The van der Waals surface area contributed by atoms with E-state index in [1.165, 1.54) is 21.8 Å². The molecule has 0 saturated carbocycles. The molecule has 6 N–H and O–H groups in total. The lowest BCUT2D eigenvalue weighted by molar-refractivity contribution is -0.119. The summed E-state index contributed by atoms with van der Waals surface area (Å²) in [6, 6.07) is 3.77. The third-order valence-corrected chi connectivity index (χ3v) is 24.1. The van der Waals surface area contributed by atoms with E-state index in [2.05, 4.69) is 74.4 Å². The van der Waals surface area contributed by atoms with Gasteiger partial charge in [0.25, 0.3) is 11.1 Å². The third-order valence-electron chi connectivity index (χ3n) is 13.6. The van der Waals surface area contributed by atoms with Crippen LogP contribution in [0.2, 0.25) is 36.3 Å². The zero-order chi connectivity index (χ0) is 58.2. The topological polar surface area (TPSA) is 381 Å². The summed E-state index contributed by atoms with van der Waals surface area (Å²) in [6.45, 7) is 26.2. The Morgan fingerprint density at radius 3 is 1.58 bits per heavy atom. The highest BCUT2D eigenvalue weighted by atomic mass is 31.1. The molecule has 10 unspecified atom stereocenters. The SMILES string of the molecule is CC(C)C(=O)Nc1nc2c(ncn2C2OC(CO)C(O)C2O[Si](C)(C)C(C)(C)C)c(=O)[nH]1.CC(C)C(=O)Nc1nc2c(ncn2C2OC(CO[P+](=O)OCCC#N)C(O[P+](=O)OCCC#N)C2O[Si](C)(C)C(C)(C)C)c(=O)[nH]1. The molecule has 0 aliphatic carbocycles. The van der Waals surface area contributed by atoms with E-state index >= 15 is 0 Å². The van der Waals surface area contributed by atoms with Gasteiger partial charge in [-0.15, -0.1) is 18.1 Å². The van der Waals surface area contributed by atoms with Gasteiger partial charge in [-0.3, -0.25) is 48.9 Å². The van der Waals surface area contributed by atoms with Crippen LogP contribution in [-0.4, -0.2) is 141 Å². The van der Waals surface area contributed by atoms with Gasteiger partial charge in [-0.25, -0.2) is 9.97 Å². The summed E-state index contributed by atoms with van der Waals surface area (Å²) < 4.78 is 75.3. The normalized spacial score (nSPS) is 22.3. The fourth-order valence-electron chi connectivity index (χ4n) is 7.07. The van der Waals surface area contributed by atoms with Crippen molar-refractivity contribution in [2.45, 2.75) is 167 Å². The van der Waals surface area contributed by atoms with E-state index in [0.717, 1.165) is 0 Å². The lowest BCUT2D eigenvalue weighted by Gasteiger charge is -2.40. The average molecular weight is 1170 g/mol. The van der Waals surface area contributed by atoms with Crippen LogP contribution in [0.15, 0.2) is 22.2 Å². The van der Waals surface area contributed by atoms with E-state index in [1.54, 1.807) is 27.7 Å². The zero-order valence-electron chi connectivity index (χ0n) is 46.3. The first-order valence-electron chi connectivity index (χ1n) is 25.1. The zero-order valence-corrected chi connectivity index (χ0v) is 50.0. The molecule has 2 fully saturated rings. The van der Waals surface area contributed by atoms with Gasteiger partial charge in [-0.05, 0) is 36.3 Å². The number of aliphatic hydroxyl groups excluding tert-OH is 2. The number of H-pyrrole nitrogens is 2. The van der Waals surface area contributed by atoms with Crippen molar-refractivity contribution in [2.24, 2.45) is 11.8 Å². The summed E-state index contributed by atoms with van der Waals surface area (Å²) in [6.07, 6.45) is -5.27. The monoisotopic (exact) mass is 1170 g/mol. The van der Waals surface area contributed by atoms with Crippen molar-refractivity contribution < 1.29 is 65.4 Å². The molecule has 0 spiro atoms. The smallest absolute Gasteiger partial charge is 0.407 e. The molecule has 28 nitrogen and oxygen atoms in total. The Morgan fingerprint density at radius 2 is 1.15 bits per heavy atom. The number of aromatic nitrogens is 8. The van der Waals surface area contributed by atoms with Gasteiger partial charge in [0.15, 0.2) is 57.5 Å². The summed E-state index contributed by atoms with van der Waals surface area (Å²) in [4.78, 5) is 72.1. The van der Waals surface area contributed by atoms with Crippen molar-refractivity contribution in [1.29, 1.82) is 10.5 Å². The van der Waals surface area contributed by atoms with Crippen molar-refractivity contribution in [1.82, 2.24) is 39.0 Å². The molecule has 4 aromatic rings. The molecular weight excluding hydrogens is 1090 g/mol. The molecule has 0 radical (unpaired) electrons. The van der Waals surface area contributed by atoms with Crippen LogP contribution in [0.1, 0.15) is 94.5 Å². The average Bonchev–Trinajstić information content (AvgIpc) is 4.13. The summed E-state index contributed by atoms with van der Waals surface area (Å²) in [5.74, 6) is -1.49.